The van der Waals surface area contributed by atoms with Gasteiger partial charge >= 0.3 is 11.9 Å². The molecule has 0 amide bonds. The quantitative estimate of drug-likeness (QED) is 0.639. The van der Waals surface area contributed by atoms with Crippen molar-refractivity contribution in [2.24, 2.45) is 5.73 Å². The van der Waals surface area contributed by atoms with E-state index in [9.17, 15) is 14.9 Å². The predicted octanol–water partition coefficient (Wildman–Crippen LogP) is 3.96. The molecule has 1 unspecified atom stereocenters. The molecular weight excluding hydrogens is 474 g/mol. The highest BCUT2D eigenvalue weighted by molar-refractivity contribution is 9.10. The molecular formula is C24H22BrN3O4. The largest absolute Gasteiger partial charge is 0.466 e. The number of nitrogens with zero attached hydrogens (tertiary/aromatic N) is 2. The first-order valence-electron chi connectivity index (χ1n) is 9.69. The molecule has 3 rings (SSSR count). The minimum absolute atomic E-state index is 0.0184. The maximum atomic E-state index is 13.1. The number of hydrogen-bond donors (Lipinski definition) is 1. The molecule has 0 fully saturated rings. The maximum Gasteiger partial charge on any atom is 0.355 e. The number of carbonyl (C=O) groups excluding carboxylic acids is 2. The second kappa shape index (κ2) is 9.28. The highest BCUT2D eigenvalue weighted by Gasteiger charge is 2.43. The number of ether oxygens (including phenoxy) is 2. The van der Waals surface area contributed by atoms with Crippen LogP contribution in [-0.4, -0.2) is 26.2 Å². The maximum absolute atomic E-state index is 13.1. The van der Waals surface area contributed by atoms with Crippen molar-refractivity contribution in [1.29, 1.82) is 5.26 Å². The van der Waals surface area contributed by atoms with Gasteiger partial charge in [-0.3, -0.25) is 4.90 Å². The fourth-order valence-electron chi connectivity index (χ4n) is 3.90. The zero-order valence-corrected chi connectivity index (χ0v) is 19.7. The lowest BCUT2D eigenvalue weighted by Gasteiger charge is -2.37. The number of allylic oxidation sites excluding steroid dienone is 1. The van der Waals surface area contributed by atoms with Crippen LogP contribution in [0.1, 0.15) is 22.6 Å². The van der Waals surface area contributed by atoms with Crippen molar-refractivity contribution < 1.29 is 19.1 Å². The van der Waals surface area contributed by atoms with Crippen LogP contribution in [0.3, 0.4) is 0 Å². The van der Waals surface area contributed by atoms with E-state index < -0.39 is 17.9 Å². The van der Waals surface area contributed by atoms with Crippen LogP contribution in [0.25, 0.3) is 0 Å². The number of carbonyl (C=O) groups is 2. The summed E-state index contributed by atoms with van der Waals surface area (Å²) in [6, 6.07) is 14.8. The Morgan fingerprint density at radius 2 is 1.69 bits per heavy atom. The molecule has 0 bridgehead atoms. The van der Waals surface area contributed by atoms with Gasteiger partial charge in [0.25, 0.3) is 0 Å². The smallest absolute Gasteiger partial charge is 0.355 e. The SMILES string of the molecule is COC(=O)C1=C(C(=O)OC)N(c2c(C)ccc(Br)c2C)C(N)=C(C#N)C1c1ccccc1. The lowest BCUT2D eigenvalue weighted by Crippen LogP contribution is -2.41. The third kappa shape index (κ3) is 3.76. The van der Waals surface area contributed by atoms with E-state index in [1.165, 1.54) is 19.1 Å². The first kappa shape index (κ1) is 23.1. The zero-order valence-electron chi connectivity index (χ0n) is 18.1. The third-order valence-corrected chi connectivity index (χ3v) is 6.26. The average Bonchev–Trinajstić information content (AvgIpc) is 2.81. The van der Waals surface area contributed by atoms with E-state index in [0.717, 1.165) is 15.6 Å². The van der Waals surface area contributed by atoms with E-state index in [2.05, 4.69) is 22.0 Å². The van der Waals surface area contributed by atoms with Crippen molar-refractivity contribution in [3.8, 4) is 6.07 Å². The molecule has 7 nitrogen and oxygen atoms in total. The van der Waals surface area contributed by atoms with Crippen LogP contribution >= 0.6 is 15.9 Å². The summed E-state index contributed by atoms with van der Waals surface area (Å²) in [6.45, 7) is 3.70. The van der Waals surface area contributed by atoms with E-state index in [-0.39, 0.29) is 22.7 Å². The number of benzene rings is 2. The Hall–Kier alpha value is -3.57. The Labute approximate surface area is 194 Å². The Bertz CT molecular complexity index is 1200. The second-order valence-electron chi connectivity index (χ2n) is 7.17. The fourth-order valence-corrected chi connectivity index (χ4v) is 4.22. The molecule has 164 valence electrons. The normalized spacial score (nSPS) is 16.0. The van der Waals surface area contributed by atoms with E-state index in [1.54, 1.807) is 24.3 Å². The van der Waals surface area contributed by atoms with Gasteiger partial charge in [0.15, 0.2) is 0 Å². The van der Waals surface area contributed by atoms with Crippen molar-refractivity contribution >= 4 is 33.6 Å². The van der Waals surface area contributed by atoms with Crippen molar-refractivity contribution in [2.75, 3.05) is 19.1 Å². The Balaban J connectivity index is 2.49. The number of anilines is 1. The number of esters is 2. The summed E-state index contributed by atoms with van der Waals surface area (Å²) < 4.78 is 10.9. The van der Waals surface area contributed by atoms with E-state index >= 15 is 0 Å². The Morgan fingerprint density at radius 1 is 1.06 bits per heavy atom. The van der Waals surface area contributed by atoms with Crippen LogP contribution in [0.2, 0.25) is 0 Å². The average molecular weight is 496 g/mol. The summed E-state index contributed by atoms with van der Waals surface area (Å²) >= 11 is 3.51. The standard InChI is InChI=1S/C24H22BrN3O4/c1-13-10-11-17(25)14(2)20(13)28-21(24(30)32-4)19(23(29)31-3)18(16(12-26)22(28)27)15-8-6-5-7-9-15/h5-11,18H,27H2,1-4H3. The van der Waals surface area contributed by atoms with Gasteiger partial charge in [0.1, 0.15) is 11.5 Å². The van der Waals surface area contributed by atoms with Gasteiger partial charge in [0.05, 0.1) is 43.0 Å². The summed E-state index contributed by atoms with van der Waals surface area (Å²) in [5, 5.41) is 10.1. The van der Waals surface area contributed by atoms with Crippen LogP contribution < -0.4 is 10.6 Å². The molecule has 0 saturated carbocycles. The number of hydrogen-bond acceptors (Lipinski definition) is 7. The van der Waals surface area contributed by atoms with Crippen LogP contribution in [0.5, 0.6) is 0 Å². The van der Waals surface area contributed by atoms with Crippen LogP contribution in [0.4, 0.5) is 5.69 Å². The Kier molecular flexibility index (Phi) is 6.70. The molecule has 2 aromatic rings. The van der Waals surface area contributed by atoms with Gasteiger partial charge in [-0.1, -0.05) is 52.3 Å². The summed E-state index contributed by atoms with van der Waals surface area (Å²) in [5.74, 6) is -2.38. The molecule has 1 heterocycles. The van der Waals surface area contributed by atoms with Gasteiger partial charge in [0.2, 0.25) is 0 Å². The molecule has 1 aliphatic rings. The second-order valence-corrected chi connectivity index (χ2v) is 8.03. The molecule has 0 spiro atoms. The highest BCUT2D eigenvalue weighted by Crippen LogP contribution is 2.45. The molecule has 0 saturated heterocycles. The number of nitrogens with two attached hydrogens (primary N) is 1. The molecule has 2 aromatic carbocycles. The number of methoxy groups -OCH3 is 2. The van der Waals surface area contributed by atoms with Crippen LogP contribution in [-0.2, 0) is 19.1 Å². The molecule has 8 heteroatoms. The van der Waals surface area contributed by atoms with Crippen molar-refractivity contribution in [1.82, 2.24) is 0 Å². The van der Waals surface area contributed by atoms with Crippen LogP contribution in [0.15, 0.2) is 69.6 Å². The summed E-state index contributed by atoms with van der Waals surface area (Å²) in [4.78, 5) is 27.6. The fraction of sp³-hybridized carbons (Fsp3) is 0.208. The lowest BCUT2D eigenvalue weighted by atomic mass is 9.80. The molecule has 32 heavy (non-hydrogen) atoms. The molecule has 0 radical (unpaired) electrons. The van der Waals surface area contributed by atoms with E-state index in [0.29, 0.717) is 11.3 Å². The summed E-state index contributed by atoms with van der Waals surface area (Å²) in [7, 11) is 2.44. The number of halogens is 1. The topological polar surface area (TPSA) is 106 Å². The predicted molar refractivity (Wildman–Crippen MR) is 123 cm³/mol. The third-order valence-electron chi connectivity index (χ3n) is 5.40. The van der Waals surface area contributed by atoms with Gasteiger partial charge in [-0.15, -0.1) is 0 Å². The van der Waals surface area contributed by atoms with Gasteiger partial charge < -0.3 is 15.2 Å². The van der Waals surface area contributed by atoms with Crippen molar-refractivity contribution in [3.63, 3.8) is 0 Å². The minimum atomic E-state index is -0.897. The van der Waals surface area contributed by atoms with E-state index in [4.69, 9.17) is 15.2 Å². The number of rotatable bonds is 4. The van der Waals surface area contributed by atoms with E-state index in [1.807, 2.05) is 32.0 Å². The van der Waals surface area contributed by atoms with Gasteiger partial charge in [-0.2, -0.15) is 5.26 Å². The first-order chi connectivity index (χ1) is 15.3. The molecule has 2 N–H and O–H groups in total. The molecule has 1 atom stereocenters. The van der Waals surface area contributed by atoms with Crippen LogP contribution in [0, 0.1) is 25.2 Å². The highest BCUT2D eigenvalue weighted by atomic mass is 79.9. The zero-order chi connectivity index (χ0) is 23.6. The van der Waals surface area contributed by atoms with Crippen molar-refractivity contribution in [3.05, 3.63) is 86.3 Å². The summed E-state index contributed by atoms with van der Waals surface area (Å²) in [5.41, 5.74) is 9.31. The number of nitriles is 1. The van der Waals surface area contributed by atoms with Gasteiger partial charge in [-0.05, 0) is 36.6 Å². The monoisotopic (exact) mass is 495 g/mol. The minimum Gasteiger partial charge on any atom is -0.466 e. The molecule has 0 aliphatic carbocycles. The lowest BCUT2D eigenvalue weighted by molar-refractivity contribution is -0.139. The van der Waals surface area contributed by atoms with Crippen molar-refractivity contribution in [2.45, 2.75) is 19.8 Å². The molecule has 1 aliphatic heterocycles. The first-order valence-corrected chi connectivity index (χ1v) is 10.5. The molecule has 0 aromatic heterocycles. The summed E-state index contributed by atoms with van der Waals surface area (Å²) in [6.07, 6.45) is 0. The number of aryl methyl sites for hydroxylation is 1. The van der Waals surface area contributed by atoms with Gasteiger partial charge in [0, 0.05) is 4.47 Å². The Morgan fingerprint density at radius 3 is 2.25 bits per heavy atom. The van der Waals surface area contributed by atoms with Gasteiger partial charge in [-0.25, -0.2) is 9.59 Å².